The van der Waals surface area contributed by atoms with Gasteiger partial charge in [-0.05, 0) is 39.3 Å². The number of aromatic nitrogens is 1. The van der Waals surface area contributed by atoms with Gasteiger partial charge in [0, 0.05) is 26.3 Å². The van der Waals surface area contributed by atoms with Gasteiger partial charge in [-0.15, -0.1) is 24.0 Å². The molecule has 0 aromatic carbocycles. The maximum absolute atomic E-state index is 11.9. The minimum atomic E-state index is -0.492. The second-order valence-electron chi connectivity index (χ2n) is 7.09. The standard InChI is InChI=1S/C18H29N5O3.HI/c1-18(2,3)26-17(24)22-14-7-10-23(13-14)16(19-4)21-9-11-25-15-6-5-8-20-12-15;/h5-6,8,12,14H,7,9-11,13H2,1-4H3,(H,19,21)(H,22,24);1H. The van der Waals surface area contributed by atoms with Crippen molar-refractivity contribution in [2.45, 2.75) is 38.8 Å². The van der Waals surface area contributed by atoms with Crippen LogP contribution in [0.25, 0.3) is 0 Å². The highest BCUT2D eigenvalue weighted by Crippen LogP contribution is 2.12. The highest BCUT2D eigenvalue weighted by molar-refractivity contribution is 14.0. The molecule has 8 nitrogen and oxygen atoms in total. The second kappa shape index (κ2) is 11.2. The van der Waals surface area contributed by atoms with Gasteiger partial charge < -0.3 is 25.0 Å². The Bertz CT molecular complexity index is 607. The number of alkyl carbamates (subject to hydrolysis) is 1. The zero-order valence-electron chi connectivity index (χ0n) is 16.4. The summed E-state index contributed by atoms with van der Waals surface area (Å²) in [5.74, 6) is 1.54. The maximum atomic E-state index is 11.9. The molecule has 9 heteroatoms. The Kier molecular flexibility index (Phi) is 9.61. The quantitative estimate of drug-likeness (QED) is 0.285. The van der Waals surface area contributed by atoms with Gasteiger partial charge in [-0.1, -0.05) is 0 Å². The third-order valence-corrected chi connectivity index (χ3v) is 3.71. The summed E-state index contributed by atoms with van der Waals surface area (Å²) in [6, 6.07) is 3.76. The summed E-state index contributed by atoms with van der Waals surface area (Å²) in [5, 5.41) is 6.20. The van der Waals surface area contributed by atoms with Crippen LogP contribution in [0.3, 0.4) is 0 Å². The number of hydrogen-bond acceptors (Lipinski definition) is 5. The van der Waals surface area contributed by atoms with E-state index < -0.39 is 5.60 Å². The summed E-state index contributed by atoms with van der Waals surface area (Å²) in [5.41, 5.74) is -0.492. The normalized spacial score (nSPS) is 17.1. The van der Waals surface area contributed by atoms with Crippen LogP contribution < -0.4 is 15.4 Å². The molecule has 1 atom stereocenters. The molecule has 2 rings (SSSR count). The molecule has 0 bridgehead atoms. The van der Waals surface area contributed by atoms with E-state index >= 15 is 0 Å². The first kappa shape index (κ1) is 23.3. The molecule has 0 radical (unpaired) electrons. The van der Waals surface area contributed by atoms with Gasteiger partial charge in [0.15, 0.2) is 5.96 Å². The number of amides is 1. The smallest absolute Gasteiger partial charge is 0.407 e. The van der Waals surface area contributed by atoms with E-state index in [-0.39, 0.29) is 36.1 Å². The van der Waals surface area contributed by atoms with E-state index in [1.165, 1.54) is 0 Å². The topological polar surface area (TPSA) is 88.1 Å². The monoisotopic (exact) mass is 491 g/mol. The third-order valence-electron chi connectivity index (χ3n) is 3.71. The van der Waals surface area contributed by atoms with E-state index in [1.54, 1.807) is 19.4 Å². The van der Waals surface area contributed by atoms with Crippen LogP contribution in [0.4, 0.5) is 4.79 Å². The van der Waals surface area contributed by atoms with Crippen molar-refractivity contribution in [3.63, 3.8) is 0 Å². The average Bonchev–Trinajstić information content (AvgIpc) is 3.02. The SMILES string of the molecule is CN=C(NCCOc1cccnc1)N1CCC(NC(=O)OC(C)(C)C)C1.I. The molecule has 2 N–H and O–H groups in total. The van der Waals surface area contributed by atoms with E-state index in [2.05, 4.69) is 25.5 Å². The van der Waals surface area contributed by atoms with Crippen molar-refractivity contribution in [3.8, 4) is 5.75 Å². The Hall–Kier alpha value is -1.78. The zero-order valence-corrected chi connectivity index (χ0v) is 18.7. The molecular formula is C18H30IN5O3. The third kappa shape index (κ3) is 8.63. The fourth-order valence-electron chi connectivity index (χ4n) is 2.64. The van der Waals surface area contributed by atoms with Gasteiger partial charge in [0.1, 0.15) is 18.0 Å². The highest BCUT2D eigenvalue weighted by atomic mass is 127. The molecule has 1 amide bonds. The number of hydrogen-bond donors (Lipinski definition) is 2. The molecule has 1 saturated heterocycles. The molecule has 1 aromatic rings. The first-order valence-corrected chi connectivity index (χ1v) is 8.85. The van der Waals surface area contributed by atoms with Crippen molar-refractivity contribution in [1.82, 2.24) is 20.5 Å². The molecule has 27 heavy (non-hydrogen) atoms. The lowest BCUT2D eigenvalue weighted by Gasteiger charge is -2.23. The number of aliphatic imine (C=N–C) groups is 1. The fraction of sp³-hybridized carbons (Fsp3) is 0.611. The molecule has 1 aliphatic heterocycles. The molecule has 1 fully saturated rings. The van der Waals surface area contributed by atoms with Gasteiger partial charge >= 0.3 is 6.09 Å². The Labute approximate surface area is 178 Å². The average molecular weight is 491 g/mol. The molecule has 0 aliphatic carbocycles. The van der Waals surface area contributed by atoms with Crippen LogP contribution >= 0.6 is 24.0 Å². The van der Waals surface area contributed by atoms with Gasteiger partial charge in [-0.3, -0.25) is 9.98 Å². The van der Waals surface area contributed by atoms with Crippen LogP contribution in [0, 0.1) is 0 Å². The Morgan fingerprint density at radius 3 is 2.85 bits per heavy atom. The number of ether oxygens (including phenoxy) is 2. The summed E-state index contributed by atoms with van der Waals surface area (Å²) in [6.45, 7) is 8.22. The van der Waals surface area contributed by atoms with Crippen LogP contribution in [-0.2, 0) is 4.74 Å². The molecule has 1 aliphatic rings. The number of nitrogens with zero attached hydrogens (tertiary/aromatic N) is 3. The fourth-order valence-corrected chi connectivity index (χ4v) is 2.64. The van der Waals surface area contributed by atoms with E-state index in [9.17, 15) is 4.79 Å². The number of rotatable bonds is 5. The molecule has 152 valence electrons. The lowest BCUT2D eigenvalue weighted by Crippen LogP contribution is -2.44. The number of guanidine groups is 1. The largest absolute Gasteiger partial charge is 0.490 e. The Balaban J connectivity index is 0.00000364. The highest BCUT2D eigenvalue weighted by Gasteiger charge is 2.27. The summed E-state index contributed by atoms with van der Waals surface area (Å²) >= 11 is 0. The lowest BCUT2D eigenvalue weighted by atomic mass is 10.2. The van der Waals surface area contributed by atoms with Crippen molar-refractivity contribution in [3.05, 3.63) is 24.5 Å². The lowest BCUT2D eigenvalue weighted by molar-refractivity contribution is 0.0507. The van der Waals surface area contributed by atoms with Crippen molar-refractivity contribution in [1.29, 1.82) is 0 Å². The van der Waals surface area contributed by atoms with E-state index in [0.29, 0.717) is 19.7 Å². The summed E-state index contributed by atoms with van der Waals surface area (Å²) < 4.78 is 10.9. The molecule has 2 heterocycles. The zero-order chi connectivity index (χ0) is 19.0. The number of halogens is 1. The summed E-state index contributed by atoms with van der Waals surface area (Å²) in [6.07, 6.45) is 3.87. The molecule has 1 unspecified atom stereocenters. The van der Waals surface area contributed by atoms with Crippen molar-refractivity contribution >= 4 is 36.0 Å². The number of carbonyl (C=O) groups excluding carboxylic acids is 1. The van der Waals surface area contributed by atoms with E-state index in [4.69, 9.17) is 9.47 Å². The molecule has 1 aromatic heterocycles. The van der Waals surface area contributed by atoms with E-state index in [1.807, 2.05) is 32.9 Å². The van der Waals surface area contributed by atoms with Crippen molar-refractivity contribution in [2.24, 2.45) is 4.99 Å². The van der Waals surface area contributed by atoms with Crippen LogP contribution in [0.15, 0.2) is 29.5 Å². The first-order valence-electron chi connectivity index (χ1n) is 8.85. The second-order valence-corrected chi connectivity index (χ2v) is 7.09. The number of carbonyl (C=O) groups is 1. The van der Waals surface area contributed by atoms with Crippen LogP contribution in [-0.4, -0.2) is 66.9 Å². The van der Waals surface area contributed by atoms with Crippen LogP contribution in [0.1, 0.15) is 27.2 Å². The minimum Gasteiger partial charge on any atom is -0.490 e. The first-order chi connectivity index (χ1) is 12.4. The Morgan fingerprint density at radius 1 is 1.44 bits per heavy atom. The predicted molar refractivity (Wildman–Crippen MR) is 116 cm³/mol. The number of nitrogens with one attached hydrogen (secondary N) is 2. The van der Waals surface area contributed by atoms with Gasteiger partial charge in [0.2, 0.25) is 0 Å². The Morgan fingerprint density at radius 2 is 2.22 bits per heavy atom. The maximum Gasteiger partial charge on any atom is 0.407 e. The summed E-state index contributed by atoms with van der Waals surface area (Å²) in [7, 11) is 1.75. The van der Waals surface area contributed by atoms with Crippen molar-refractivity contribution < 1.29 is 14.3 Å². The van der Waals surface area contributed by atoms with Gasteiger partial charge in [-0.2, -0.15) is 0 Å². The molecule has 0 spiro atoms. The van der Waals surface area contributed by atoms with Gasteiger partial charge in [0.25, 0.3) is 0 Å². The van der Waals surface area contributed by atoms with E-state index in [0.717, 1.165) is 24.7 Å². The number of pyridine rings is 1. The van der Waals surface area contributed by atoms with Gasteiger partial charge in [-0.25, -0.2) is 4.79 Å². The van der Waals surface area contributed by atoms with Crippen LogP contribution in [0.2, 0.25) is 0 Å². The predicted octanol–water partition coefficient (Wildman–Crippen LogP) is 2.25. The van der Waals surface area contributed by atoms with Crippen molar-refractivity contribution in [2.75, 3.05) is 33.3 Å². The van der Waals surface area contributed by atoms with Crippen LogP contribution in [0.5, 0.6) is 5.75 Å². The number of likely N-dealkylation sites (tertiary alicyclic amines) is 1. The minimum absolute atomic E-state index is 0. The molecular weight excluding hydrogens is 461 g/mol. The van der Waals surface area contributed by atoms with Gasteiger partial charge in [0.05, 0.1) is 18.8 Å². The summed E-state index contributed by atoms with van der Waals surface area (Å²) in [4.78, 5) is 22.3. The molecule has 0 saturated carbocycles.